The monoisotopic (exact) mass is 425 g/mol. The summed E-state index contributed by atoms with van der Waals surface area (Å²) < 4.78 is 27.8. The summed E-state index contributed by atoms with van der Waals surface area (Å²) in [4.78, 5) is 37.6. The molecule has 0 saturated carbocycles. The third-order valence-corrected chi connectivity index (χ3v) is 7.92. The summed E-state index contributed by atoms with van der Waals surface area (Å²) in [5.41, 5.74) is -0.144. The van der Waals surface area contributed by atoms with Crippen molar-refractivity contribution < 1.29 is 37.8 Å². The molecule has 2 atom stereocenters. The molecule has 0 radical (unpaired) electrons. The number of amides is 1. The Hall–Kier alpha value is -1.09. The Kier molecular flexibility index (Phi) is 10.4. The summed E-state index contributed by atoms with van der Waals surface area (Å²) in [6, 6.07) is -0.723. The van der Waals surface area contributed by atoms with Crippen molar-refractivity contribution >= 4 is 37.2 Å². The largest absolute Gasteiger partial charge is 0.481 e. The minimum absolute atomic E-state index is 0.144. The summed E-state index contributed by atoms with van der Waals surface area (Å²) >= 11 is 0.923. The van der Waals surface area contributed by atoms with E-state index < -0.39 is 43.2 Å². The van der Waals surface area contributed by atoms with Crippen molar-refractivity contribution in [3.63, 3.8) is 0 Å². The molecule has 1 N–H and O–H groups in total. The fourth-order valence-electron chi connectivity index (χ4n) is 2.82. The molecule has 0 aromatic heterocycles. The Morgan fingerprint density at radius 1 is 1.22 bits per heavy atom. The van der Waals surface area contributed by atoms with Crippen LogP contribution in [0.3, 0.4) is 0 Å². The molecule has 1 amide bonds. The maximum Gasteiger partial charge on any atom is 0.340 e. The van der Waals surface area contributed by atoms with Gasteiger partial charge in [0.05, 0.1) is 37.5 Å². The zero-order chi connectivity index (χ0) is 20.4. The van der Waals surface area contributed by atoms with E-state index in [9.17, 15) is 24.1 Å². The molecular weight excluding hydrogens is 397 g/mol. The van der Waals surface area contributed by atoms with Crippen LogP contribution >= 0.6 is 19.4 Å². The van der Waals surface area contributed by atoms with Gasteiger partial charge in [-0.25, -0.2) is 4.79 Å². The van der Waals surface area contributed by atoms with Crippen molar-refractivity contribution in [1.29, 1.82) is 0 Å². The van der Waals surface area contributed by atoms with E-state index in [2.05, 4.69) is 0 Å². The maximum atomic E-state index is 13.0. The number of carbonyl (C=O) groups is 3. The molecular formula is C16H28NO8PS. The second-order valence-corrected chi connectivity index (χ2v) is 9.57. The van der Waals surface area contributed by atoms with E-state index in [4.69, 9.17) is 13.8 Å². The number of carboxylic acids is 1. The van der Waals surface area contributed by atoms with Gasteiger partial charge >= 0.3 is 19.5 Å². The van der Waals surface area contributed by atoms with Crippen LogP contribution in [0.4, 0.5) is 0 Å². The summed E-state index contributed by atoms with van der Waals surface area (Å²) in [6.07, 6.45) is 1.52. The van der Waals surface area contributed by atoms with Crippen LogP contribution in [0.2, 0.25) is 0 Å². The number of likely N-dealkylation sites (tertiary alicyclic amines) is 1. The Labute approximate surface area is 163 Å². The molecule has 0 aromatic carbocycles. The van der Waals surface area contributed by atoms with Crippen LogP contribution in [0.5, 0.6) is 0 Å². The van der Waals surface area contributed by atoms with E-state index in [0.29, 0.717) is 13.0 Å². The third-order valence-electron chi connectivity index (χ3n) is 3.98. The number of nitrogens with zero attached hydrogens (tertiary/aromatic N) is 1. The van der Waals surface area contributed by atoms with Gasteiger partial charge in [0.15, 0.2) is 0 Å². The second-order valence-electron chi connectivity index (χ2n) is 5.90. The van der Waals surface area contributed by atoms with E-state index in [-0.39, 0.29) is 18.7 Å². The van der Waals surface area contributed by atoms with Gasteiger partial charge in [-0.15, -0.1) is 11.8 Å². The first-order chi connectivity index (χ1) is 12.8. The second kappa shape index (κ2) is 11.7. The molecule has 1 rings (SSSR count). The molecule has 0 spiro atoms. The number of methoxy groups -OCH3 is 1. The molecule has 1 fully saturated rings. The van der Waals surface area contributed by atoms with Crippen molar-refractivity contribution in [2.45, 2.75) is 50.8 Å². The van der Waals surface area contributed by atoms with E-state index in [0.717, 1.165) is 24.6 Å². The van der Waals surface area contributed by atoms with Crippen molar-refractivity contribution in [2.75, 3.05) is 32.4 Å². The SMILES string of the molecule is CCOP(=O)(CSC(CC(=O)O)C(=O)N1CCCCC1C(=O)OC)OCC. The van der Waals surface area contributed by atoms with Crippen LogP contribution in [0.1, 0.15) is 39.5 Å². The zero-order valence-electron chi connectivity index (χ0n) is 15.9. The molecule has 0 aliphatic carbocycles. The van der Waals surface area contributed by atoms with E-state index >= 15 is 0 Å². The average Bonchev–Trinajstić information content (AvgIpc) is 2.64. The Morgan fingerprint density at radius 2 is 1.85 bits per heavy atom. The van der Waals surface area contributed by atoms with Gasteiger partial charge in [0.25, 0.3) is 0 Å². The topological polar surface area (TPSA) is 119 Å². The molecule has 1 aliphatic heterocycles. The molecule has 1 heterocycles. The van der Waals surface area contributed by atoms with E-state index in [1.807, 2.05) is 0 Å². The summed E-state index contributed by atoms with van der Waals surface area (Å²) in [6.45, 7) is 4.04. The molecule has 9 nitrogen and oxygen atoms in total. The molecule has 0 aromatic rings. The van der Waals surface area contributed by atoms with Crippen LogP contribution in [-0.4, -0.2) is 71.5 Å². The third kappa shape index (κ3) is 7.44. The number of hydrogen-bond acceptors (Lipinski definition) is 8. The lowest BCUT2D eigenvalue weighted by molar-refractivity contribution is -0.154. The number of esters is 1. The molecule has 1 saturated heterocycles. The quantitative estimate of drug-likeness (QED) is 0.393. The van der Waals surface area contributed by atoms with Crippen molar-refractivity contribution in [3.05, 3.63) is 0 Å². The van der Waals surface area contributed by atoms with Crippen molar-refractivity contribution in [3.8, 4) is 0 Å². The Bertz CT molecular complexity index is 563. The molecule has 156 valence electrons. The number of thioether (sulfide) groups is 1. The summed E-state index contributed by atoms with van der Waals surface area (Å²) in [7, 11) is -2.18. The van der Waals surface area contributed by atoms with Gasteiger partial charge in [0.1, 0.15) is 6.04 Å². The van der Waals surface area contributed by atoms with Crippen molar-refractivity contribution in [1.82, 2.24) is 4.90 Å². The van der Waals surface area contributed by atoms with Gasteiger partial charge in [-0.2, -0.15) is 0 Å². The highest BCUT2D eigenvalue weighted by Gasteiger charge is 2.38. The van der Waals surface area contributed by atoms with E-state index in [1.165, 1.54) is 12.0 Å². The smallest absolute Gasteiger partial charge is 0.340 e. The van der Waals surface area contributed by atoms with E-state index in [1.54, 1.807) is 13.8 Å². The highest BCUT2D eigenvalue weighted by Crippen LogP contribution is 2.51. The summed E-state index contributed by atoms with van der Waals surface area (Å²) in [5.74, 6) is -2.15. The number of carboxylic acid groups (broad SMARTS) is 1. The molecule has 11 heteroatoms. The lowest BCUT2D eigenvalue weighted by atomic mass is 10.0. The van der Waals surface area contributed by atoms with Gasteiger partial charge in [-0.05, 0) is 33.1 Å². The lowest BCUT2D eigenvalue weighted by Crippen LogP contribution is -2.51. The number of aliphatic carboxylic acids is 1. The Morgan fingerprint density at radius 3 is 2.37 bits per heavy atom. The normalized spacial score (nSPS) is 18.8. The summed E-state index contributed by atoms with van der Waals surface area (Å²) in [5, 5.41) is 8.18. The van der Waals surface area contributed by atoms with Crippen molar-refractivity contribution in [2.24, 2.45) is 0 Å². The van der Waals surface area contributed by atoms with Gasteiger partial charge in [-0.3, -0.25) is 14.2 Å². The predicted octanol–water partition coefficient (Wildman–Crippen LogP) is 2.34. The lowest BCUT2D eigenvalue weighted by Gasteiger charge is -2.35. The number of rotatable bonds is 11. The average molecular weight is 425 g/mol. The highest BCUT2D eigenvalue weighted by molar-refractivity contribution is 8.05. The first kappa shape index (κ1) is 23.9. The van der Waals surface area contributed by atoms with Crippen LogP contribution in [0.25, 0.3) is 0 Å². The predicted molar refractivity (Wildman–Crippen MR) is 101 cm³/mol. The number of ether oxygens (including phenoxy) is 1. The van der Waals surface area contributed by atoms with Gasteiger partial charge < -0.3 is 23.8 Å². The first-order valence-corrected chi connectivity index (χ1v) is 11.7. The van der Waals surface area contributed by atoms with Crippen LogP contribution in [0.15, 0.2) is 0 Å². The maximum absolute atomic E-state index is 13.0. The molecule has 1 aliphatic rings. The molecule has 27 heavy (non-hydrogen) atoms. The van der Waals surface area contributed by atoms with Crippen LogP contribution < -0.4 is 0 Å². The fraction of sp³-hybridized carbons (Fsp3) is 0.812. The molecule has 0 bridgehead atoms. The first-order valence-electron chi connectivity index (χ1n) is 8.87. The zero-order valence-corrected chi connectivity index (χ0v) is 17.6. The van der Waals surface area contributed by atoms with Crippen LogP contribution in [0, 0.1) is 0 Å². The number of carbonyl (C=O) groups excluding carboxylic acids is 2. The number of piperidine rings is 1. The van der Waals surface area contributed by atoms with Gasteiger partial charge in [-0.1, -0.05) is 0 Å². The van der Waals surface area contributed by atoms with Gasteiger partial charge in [0.2, 0.25) is 5.91 Å². The fourth-order valence-corrected chi connectivity index (χ4v) is 6.27. The Balaban J connectivity index is 2.93. The number of hydrogen-bond donors (Lipinski definition) is 1. The minimum atomic E-state index is -3.43. The standard InChI is InChI=1S/C16H28NO8PS/c1-4-24-26(22,25-5-2)11-27-13(10-14(18)19)15(20)17-9-7-6-8-12(17)16(21)23-3/h12-13H,4-11H2,1-3H3,(H,18,19). The van der Waals surface area contributed by atoms with Gasteiger partial charge in [0, 0.05) is 6.54 Å². The van der Waals surface area contributed by atoms with Crippen LogP contribution in [-0.2, 0) is 32.7 Å². The minimum Gasteiger partial charge on any atom is -0.481 e. The molecule has 2 unspecified atom stereocenters. The highest BCUT2D eigenvalue weighted by atomic mass is 32.2.